The SMILES string of the molecule is CC(C)NC(=O)OC(n1cncn1)C(Cl)(Cl)Cl. The summed E-state index contributed by atoms with van der Waals surface area (Å²) in [4.78, 5) is 15.1. The molecule has 96 valence electrons. The first-order valence-corrected chi connectivity index (χ1v) is 5.82. The number of alkyl halides is 3. The number of carbonyl (C=O) groups excluding carboxylic acids is 1. The van der Waals surface area contributed by atoms with E-state index >= 15 is 0 Å². The van der Waals surface area contributed by atoms with E-state index in [0.29, 0.717) is 0 Å². The normalized spacial score (nSPS) is 13.5. The summed E-state index contributed by atoms with van der Waals surface area (Å²) in [5.41, 5.74) is 0. The fraction of sp³-hybridized carbons (Fsp3) is 0.625. The zero-order chi connectivity index (χ0) is 13.1. The number of ether oxygens (including phenoxy) is 1. The van der Waals surface area contributed by atoms with Crippen molar-refractivity contribution >= 4 is 40.9 Å². The molecular weight excluding hydrogens is 290 g/mol. The van der Waals surface area contributed by atoms with Gasteiger partial charge in [-0.2, -0.15) is 5.10 Å². The van der Waals surface area contributed by atoms with Gasteiger partial charge in [-0.3, -0.25) is 0 Å². The van der Waals surface area contributed by atoms with Crippen LogP contribution in [0.5, 0.6) is 0 Å². The molecule has 6 nitrogen and oxygen atoms in total. The molecule has 1 atom stereocenters. The van der Waals surface area contributed by atoms with Gasteiger partial charge in [0.15, 0.2) is 0 Å². The summed E-state index contributed by atoms with van der Waals surface area (Å²) in [5, 5.41) is 6.27. The lowest BCUT2D eigenvalue weighted by Crippen LogP contribution is -2.36. The van der Waals surface area contributed by atoms with Gasteiger partial charge in [0.2, 0.25) is 10.0 Å². The summed E-state index contributed by atoms with van der Waals surface area (Å²) in [6.45, 7) is 3.56. The second kappa shape index (κ2) is 5.75. The highest BCUT2D eigenvalue weighted by Gasteiger charge is 2.38. The molecule has 1 N–H and O–H groups in total. The van der Waals surface area contributed by atoms with E-state index in [2.05, 4.69) is 15.4 Å². The maximum atomic E-state index is 11.4. The van der Waals surface area contributed by atoms with Gasteiger partial charge in [-0.05, 0) is 13.8 Å². The molecule has 0 aliphatic carbocycles. The van der Waals surface area contributed by atoms with Crippen LogP contribution < -0.4 is 5.32 Å². The minimum atomic E-state index is -1.85. The lowest BCUT2D eigenvalue weighted by molar-refractivity contribution is 0.0482. The van der Waals surface area contributed by atoms with Crippen molar-refractivity contribution in [2.75, 3.05) is 0 Å². The number of amides is 1. The van der Waals surface area contributed by atoms with Crippen LogP contribution in [0.3, 0.4) is 0 Å². The van der Waals surface area contributed by atoms with Gasteiger partial charge in [0, 0.05) is 6.04 Å². The number of carbonyl (C=O) groups is 1. The molecule has 0 aromatic carbocycles. The summed E-state index contributed by atoms with van der Waals surface area (Å²) >= 11 is 17.1. The van der Waals surface area contributed by atoms with Gasteiger partial charge in [-0.1, -0.05) is 34.8 Å². The molecule has 1 heterocycles. The monoisotopic (exact) mass is 300 g/mol. The van der Waals surface area contributed by atoms with Crippen LogP contribution in [0.25, 0.3) is 0 Å². The fourth-order valence-electron chi connectivity index (χ4n) is 0.980. The Kier molecular flexibility index (Phi) is 4.85. The van der Waals surface area contributed by atoms with Crippen molar-refractivity contribution < 1.29 is 9.53 Å². The van der Waals surface area contributed by atoms with Gasteiger partial charge in [-0.15, -0.1) is 0 Å². The summed E-state index contributed by atoms with van der Waals surface area (Å²) in [5.74, 6) is 0. The Hall–Kier alpha value is -0.720. The average molecular weight is 302 g/mol. The van der Waals surface area contributed by atoms with Crippen molar-refractivity contribution in [3.63, 3.8) is 0 Å². The van der Waals surface area contributed by atoms with Crippen LogP contribution in [-0.4, -0.2) is 30.7 Å². The van der Waals surface area contributed by atoms with Crippen molar-refractivity contribution in [2.24, 2.45) is 0 Å². The molecule has 0 bridgehead atoms. The van der Waals surface area contributed by atoms with Gasteiger partial charge in [-0.25, -0.2) is 14.5 Å². The molecule has 17 heavy (non-hydrogen) atoms. The lowest BCUT2D eigenvalue weighted by Gasteiger charge is -2.24. The topological polar surface area (TPSA) is 69.0 Å². The van der Waals surface area contributed by atoms with E-state index in [1.165, 1.54) is 12.7 Å². The highest BCUT2D eigenvalue weighted by molar-refractivity contribution is 6.67. The van der Waals surface area contributed by atoms with Crippen LogP contribution in [0.1, 0.15) is 20.1 Å². The average Bonchev–Trinajstić information content (AvgIpc) is 2.63. The minimum absolute atomic E-state index is 0.0886. The Morgan fingerprint density at radius 1 is 1.47 bits per heavy atom. The van der Waals surface area contributed by atoms with Crippen molar-refractivity contribution in [3.05, 3.63) is 12.7 Å². The van der Waals surface area contributed by atoms with Crippen LogP contribution in [0.4, 0.5) is 4.79 Å². The third-order valence-electron chi connectivity index (χ3n) is 1.58. The van der Waals surface area contributed by atoms with E-state index in [9.17, 15) is 4.79 Å². The molecule has 0 saturated heterocycles. The summed E-state index contributed by atoms with van der Waals surface area (Å²) < 4.78 is 4.29. The third-order valence-corrected chi connectivity index (χ3v) is 2.14. The molecule has 1 rings (SSSR count). The van der Waals surface area contributed by atoms with Gasteiger partial charge < -0.3 is 10.1 Å². The molecule has 0 fully saturated rings. The molecule has 0 aliphatic rings. The molecule has 0 aliphatic heterocycles. The largest absolute Gasteiger partial charge is 0.419 e. The highest BCUT2D eigenvalue weighted by atomic mass is 35.6. The molecule has 1 aromatic rings. The minimum Gasteiger partial charge on any atom is -0.419 e. The fourth-order valence-corrected chi connectivity index (χ4v) is 1.41. The van der Waals surface area contributed by atoms with E-state index < -0.39 is 16.1 Å². The first-order valence-electron chi connectivity index (χ1n) is 4.68. The zero-order valence-corrected chi connectivity index (χ0v) is 11.4. The van der Waals surface area contributed by atoms with Crippen LogP contribution in [0, 0.1) is 0 Å². The number of nitrogens with zero attached hydrogens (tertiary/aromatic N) is 3. The van der Waals surface area contributed by atoms with Crippen LogP contribution in [-0.2, 0) is 4.74 Å². The predicted octanol–water partition coefficient (Wildman–Crippen LogP) is 2.28. The Bertz CT molecular complexity index is 363. The Morgan fingerprint density at radius 3 is 2.53 bits per heavy atom. The van der Waals surface area contributed by atoms with Crippen LogP contribution in [0.15, 0.2) is 12.7 Å². The van der Waals surface area contributed by atoms with Crippen LogP contribution in [0.2, 0.25) is 0 Å². The standard InChI is InChI=1S/C8H11Cl3N4O2/c1-5(2)14-7(16)17-6(8(9,10)11)15-4-12-3-13-15/h3-6H,1-2H3,(H,14,16). The van der Waals surface area contributed by atoms with E-state index in [0.717, 1.165) is 4.68 Å². The molecule has 9 heteroatoms. The predicted molar refractivity (Wildman–Crippen MR) is 64.1 cm³/mol. The van der Waals surface area contributed by atoms with Crippen molar-refractivity contribution in [1.29, 1.82) is 0 Å². The smallest absolute Gasteiger partial charge is 0.409 e. The maximum absolute atomic E-state index is 11.4. The van der Waals surface area contributed by atoms with Crippen molar-refractivity contribution in [3.8, 4) is 0 Å². The van der Waals surface area contributed by atoms with E-state index in [1.807, 2.05) is 0 Å². The van der Waals surface area contributed by atoms with E-state index in [1.54, 1.807) is 13.8 Å². The third kappa shape index (κ3) is 4.57. The zero-order valence-electron chi connectivity index (χ0n) is 9.10. The van der Waals surface area contributed by atoms with Crippen molar-refractivity contribution in [2.45, 2.75) is 29.9 Å². The number of hydrogen-bond donors (Lipinski definition) is 1. The number of nitrogens with one attached hydrogen (secondary N) is 1. The van der Waals surface area contributed by atoms with E-state index in [4.69, 9.17) is 39.5 Å². The Labute approximate surface area is 113 Å². The first-order chi connectivity index (χ1) is 7.80. The van der Waals surface area contributed by atoms with Crippen molar-refractivity contribution in [1.82, 2.24) is 20.1 Å². The maximum Gasteiger partial charge on any atom is 0.409 e. The first kappa shape index (κ1) is 14.3. The summed E-state index contributed by atoms with van der Waals surface area (Å²) in [6, 6.07) is -0.0886. The summed E-state index contributed by atoms with van der Waals surface area (Å²) in [6.07, 6.45) is 0.642. The van der Waals surface area contributed by atoms with Gasteiger partial charge in [0.25, 0.3) is 0 Å². The molecule has 1 unspecified atom stereocenters. The van der Waals surface area contributed by atoms with Gasteiger partial charge in [0.1, 0.15) is 12.7 Å². The number of halogens is 3. The quantitative estimate of drug-likeness (QED) is 0.870. The molecule has 0 saturated carbocycles. The number of aromatic nitrogens is 3. The molecule has 0 radical (unpaired) electrons. The lowest BCUT2D eigenvalue weighted by atomic mass is 10.4. The van der Waals surface area contributed by atoms with Crippen LogP contribution >= 0.6 is 34.8 Å². The highest BCUT2D eigenvalue weighted by Crippen LogP contribution is 2.38. The molecule has 1 amide bonds. The Morgan fingerprint density at radius 2 is 2.12 bits per heavy atom. The second-order valence-corrected chi connectivity index (χ2v) is 5.84. The molecule has 1 aromatic heterocycles. The Balaban J connectivity index is 2.76. The number of alkyl carbamates (subject to hydrolysis) is 1. The van der Waals surface area contributed by atoms with E-state index in [-0.39, 0.29) is 6.04 Å². The number of rotatable bonds is 3. The molecule has 0 spiro atoms. The second-order valence-electron chi connectivity index (χ2n) is 3.47. The number of hydrogen-bond acceptors (Lipinski definition) is 4. The van der Waals surface area contributed by atoms with Gasteiger partial charge >= 0.3 is 6.09 Å². The molecular formula is C8H11Cl3N4O2. The summed E-state index contributed by atoms with van der Waals surface area (Å²) in [7, 11) is 0. The van der Waals surface area contributed by atoms with Gasteiger partial charge in [0.05, 0.1) is 0 Å².